The summed E-state index contributed by atoms with van der Waals surface area (Å²) in [6, 6.07) is 15.2. The number of hydrogen-bond donors (Lipinski definition) is 2. The SMILES string of the molecule is CNC(=O)c1[nH]c2ccc(C=O)cc2c1Sc1ccccc1. The van der Waals surface area contributed by atoms with E-state index in [2.05, 4.69) is 10.3 Å². The van der Waals surface area contributed by atoms with E-state index in [-0.39, 0.29) is 5.91 Å². The van der Waals surface area contributed by atoms with Gasteiger partial charge < -0.3 is 10.3 Å². The number of hydrogen-bond acceptors (Lipinski definition) is 3. The van der Waals surface area contributed by atoms with Crippen molar-refractivity contribution >= 4 is 34.9 Å². The van der Waals surface area contributed by atoms with Crippen molar-refractivity contribution in [2.45, 2.75) is 9.79 Å². The summed E-state index contributed by atoms with van der Waals surface area (Å²) in [7, 11) is 1.60. The Balaban J connectivity index is 2.18. The van der Waals surface area contributed by atoms with Crippen LogP contribution in [0, 0.1) is 0 Å². The zero-order chi connectivity index (χ0) is 15.5. The molecule has 22 heavy (non-hydrogen) atoms. The van der Waals surface area contributed by atoms with Gasteiger partial charge in [0.2, 0.25) is 0 Å². The largest absolute Gasteiger partial charge is 0.354 e. The molecule has 5 heteroatoms. The number of carbonyl (C=O) groups is 2. The van der Waals surface area contributed by atoms with Gasteiger partial charge >= 0.3 is 0 Å². The van der Waals surface area contributed by atoms with E-state index >= 15 is 0 Å². The van der Waals surface area contributed by atoms with Gasteiger partial charge in [-0.3, -0.25) is 9.59 Å². The van der Waals surface area contributed by atoms with Crippen LogP contribution < -0.4 is 5.32 Å². The Labute approximate surface area is 131 Å². The molecule has 3 rings (SSSR count). The van der Waals surface area contributed by atoms with Gasteiger partial charge in [-0.05, 0) is 30.3 Å². The van der Waals surface area contributed by atoms with Gasteiger partial charge in [-0.2, -0.15) is 0 Å². The van der Waals surface area contributed by atoms with Gasteiger partial charge in [-0.15, -0.1) is 0 Å². The van der Waals surface area contributed by atoms with Gasteiger partial charge in [0.15, 0.2) is 0 Å². The van der Waals surface area contributed by atoms with Gasteiger partial charge in [-0.1, -0.05) is 30.0 Å². The number of amides is 1. The average molecular weight is 310 g/mol. The predicted molar refractivity (Wildman–Crippen MR) is 87.6 cm³/mol. The molecule has 0 atom stereocenters. The topological polar surface area (TPSA) is 62.0 Å². The second-order valence-corrected chi connectivity index (χ2v) is 5.83. The van der Waals surface area contributed by atoms with Crippen molar-refractivity contribution < 1.29 is 9.59 Å². The van der Waals surface area contributed by atoms with Crippen LogP contribution in [0.3, 0.4) is 0 Å². The van der Waals surface area contributed by atoms with Gasteiger partial charge in [0.25, 0.3) is 5.91 Å². The highest BCUT2D eigenvalue weighted by molar-refractivity contribution is 7.99. The maximum absolute atomic E-state index is 12.1. The van der Waals surface area contributed by atoms with Crippen molar-refractivity contribution in [2.24, 2.45) is 0 Å². The molecule has 0 aliphatic rings. The highest BCUT2D eigenvalue weighted by atomic mass is 32.2. The zero-order valence-corrected chi connectivity index (χ0v) is 12.7. The molecule has 0 radical (unpaired) electrons. The van der Waals surface area contributed by atoms with E-state index in [1.165, 1.54) is 11.8 Å². The van der Waals surface area contributed by atoms with Crippen molar-refractivity contribution in [1.82, 2.24) is 10.3 Å². The smallest absolute Gasteiger partial charge is 0.268 e. The molecule has 0 fully saturated rings. The molecule has 110 valence electrons. The number of H-pyrrole nitrogens is 1. The van der Waals surface area contributed by atoms with Crippen LogP contribution in [0.15, 0.2) is 58.3 Å². The fourth-order valence-electron chi connectivity index (χ4n) is 2.26. The summed E-state index contributed by atoms with van der Waals surface area (Å²) in [5, 5.41) is 3.52. The quantitative estimate of drug-likeness (QED) is 0.725. The van der Waals surface area contributed by atoms with Crippen molar-refractivity contribution in [3.05, 3.63) is 59.8 Å². The van der Waals surface area contributed by atoms with Crippen LogP contribution in [0.5, 0.6) is 0 Å². The van der Waals surface area contributed by atoms with Crippen molar-refractivity contribution in [1.29, 1.82) is 0 Å². The highest BCUT2D eigenvalue weighted by Crippen LogP contribution is 2.36. The van der Waals surface area contributed by atoms with Crippen LogP contribution in [0.2, 0.25) is 0 Å². The molecule has 0 saturated heterocycles. The average Bonchev–Trinajstić information content (AvgIpc) is 2.93. The number of aldehydes is 1. The van der Waals surface area contributed by atoms with Gasteiger partial charge in [0.1, 0.15) is 12.0 Å². The van der Waals surface area contributed by atoms with Crippen LogP contribution in [0.4, 0.5) is 0 Å². The van der Waals surface area contributed by atoms with Crippen LogP contribution in [-0.2, 0) is 0 Å². The van der Waals surface area contributed by atoms with Crippen molar-refractivity contribution in [2.75, 3.05) is 7.05 Å². The lowest BCUT2D eigenvalue weighted by Gasteiger charge is -2.04. The van der Waals surface area contributed by atoms with Gasteiger partial charge in [-0.25, -0.2) is 0 Å². The number of fused-ring (bicyclic) bond motifs is 1. The molecule has 1 aromatic heterocycles. The molecule has 2 N–H and O–H groups in total. The lowest BCUT2D eigenvalue weighted by molar-refractivity contribution is 0.0956. The molecular weight excluding hydrogens is 296 g/mol. The lowest BCUT2D eigenvalue weighted by atomic mass is 10.2. The molecule has 0 bridgehead atoms. The Bertz CT molecular complexity index is 840. The molecular formula is C17H14N2O2S. The molecule has 1 amide bonds. The van der Waals surface area contributed by atoms with Gasteiger partial charge in [0.05, 0.1) is 4.90 Å². The highest BCUT2D eigenvalue weighted by Gasteiger charge is 2.18. The Morgan fingerprint density at radius 1 is 1.18 bits per heavy atom. The molecule has 1 heterocycles. The normalized spacial score (nSPS) is 10.6. The summed E-state index contributed by atoms with van der Waals surface area (Å²) in [6.07, 6.45) is 0.809. The number of aromatic amines is 1. The summed E-state index contributed by atoms with van der Waals surface area (Å²) in [6.45, 7) is 0. The van der Waals surface area contributed by atoms with E-state index in [9.17, 15) is 9.59 Å². The maximum atomic E-state index is 12.1. The molecule has 4 nitrogen and oxygen atoms in total. The summed E-state index contributed by atoms with van der Waals surface area (Å²) in [5.74, 6) is -0.178. The summed E-state index contributed by atoms with van der Waals surface area (Å²) < 4.78 is 0. The minimum Gasteiger partial charge on any atom is -0.354 e. The minimum atomic E-state index is -0.178. The summed E-state index contributed by atoms with van der Waals surface area (Å²) in [4.78, 5) is 28.1. The third-order valence-electron chi connectivity index (χ3n) is 3.33. The van der Waals surface area contributed by atoms with Crippen LogP contribution in [0.25, 0.3) is 10.9 Å². The number of aromatic nitrogens is 1. The van der Waals surface area contributed by atoms with Crippen LogP contribution in [-0.4, -0.2) is 24.2 Å². The molecule has 0 aliphatic carbocycles. The Hall–Kier alpha value is -2.53. The second-order valence-electron chi connectivity index (χ2n) is 4.75. The van der Waals surface area contributed by atoms with E-state index in [1.54, 1.807) is 19.2 Å². The van der Waals surface area contributed by atoms with E-state index < -0.39 is 0 Å². The Morgan fingerprint density at radius 3 is 2.64 bits per heavy atom. The standard InChI is InChI=1S/C17H14N2O2S/c1-18-17(21)15-16(22-12-5-3-2-4-6-12)13-9-11(10-20)7-8-14(13)19-15/h2-10,19H,1H3,(H,18,21). The molecule has 0 spiro atoms. The summed E-state index contributed by atoms with van der Waals surface area (Å²) in [5.41, 5.74) is 1.93. The second kappa shape index (κ2) is 6.07. The fourth-order valence-corrected chi connectivity index (χ4v) is 3.31. The maximum Gasteiger partial charge on any atom is 0.268 e. The first kappa shape index (κ1) is 14.4. The molecule has 3 aromatic rings. The fraction of sp³-hybridized carbons (Fsp3) is 0.0588. The first-order chi connectivity index (χ1) is 10.7. The zero-order valence-electron chi connectivity index (χ0n) is 11.9. The van der Waals surface area contributed by atoms with E-state index in [4.69, 9.17) is 0 Å². The van der Waals surface area contributed by atoms with E-state index in [1.807, 2.05) is 36.4 Å². The first-order valence-electron chi connectivity index (χ1n) is 6.79. The predicted octanol–water partition coefficient (Wildman–Crippen LogP) is 3.49. The van der Waals surface area contributed by atoms with Crippen LogP contribution in [0.1, 0.15) is 20.8 Å². The Morgan fingerprint density at radius 2 is 1.95 bits per heavy atom. The summed E-state index contributed by atoms with van der Waals surface area (Å²) >= 11 is 1.51. The Kier molecular flexibility index (Phi) is 3.98. The van der Waals surface area contributed by atoms with Crippen molar-refractivity contribution in [3.8, 4) is 0 Å². The molecule has 0 aliphatic heterocycles. The number of rotatable bonds is 4. The number of benzene rings is 2. The third kappa shape index (κ3) is 2.63. The molecule has 0 saturated carbocycles. The molecule has 2 aromatic carbocycles. The van der Waals surface area contributed by atoms with Crippen molar-refractivity contribution in [3.63, 3.8) is 0 Å². The third-order valence-corrected chi connectivity index (χ3v) is 4.46. The number of carbonyl (C=O) groups excluding carboxylic acids is 2. The van der Waals surface area contributed by atoms with Gasteiger partial charge in [0, 0.05) is 28.4 Å². The first-order valence-corrected chi connectivity index (χ1v) is 7.60. The monoisotopic (exact) mass is 310 g/mol. The van der Waals surface area contributed by atoms with Crippen LogP contribution >= 0.6 is 11.8 Å². The van der Waals surface area contributed by atoms with E-state index in [0.29, 0.717) is 11.3 Å². The molecule has 0 unspecified atom stereocenters. The number of nitrogens with one attached hydrogen (secondary N) is 2. The minimum absolute atomic E-state index is 0.178. The van der Waals surface area contributed by atoms with E-state index in [0.717, 1.165) is 27.0 Å². The lowest BCUT2D eigenvalue weighted by Crippen LogP contribution is -2.18.